The van der Waals surface area contributed by atoms with E-state index in [-0.39, 0.29) is 19.3 Å². The van der Waals surface area contributed by atoms with Crippen LogP contribution in [0.4, 0.5) is 0 Å². The van der Waals surface area contributed by atoms with Gasteiger partial charge in [0.2, 0.25) is 0 Å². The minimum atomic E-state index is -4.95. The minimum Gasteiger partial charge on any atom is -0.463 e. The molecule has 0 aromatic rings. The van der Waals surface area contributed by atoms with E-state index >= 15 is 0 Å². The fourth-order valence-corrected chi connectivity index (χ4v) is 14.0. The first-order valence-corrected chi connectivity index (χ1v) is 49.4. The predicted octanol–water partition coefficient (Wildman–Crippen LogP) is 28.7. The minimum absolute atomic E-state index is 0.0868. The summed E-state index contributed by atoms with van der Waals surface area (Å²) < 4.78 is 61.5. The van der Waals surface area contributed by atoms with Gasteiger partial charge in [-0.3, -0.25) is 32.5 Å². The van der Waals surface area contributed by atoms with Gasteiger partial charge in [0, 0.05) is 19.3 Å². The van der Waals surface area contributed by atoms with Crippen LogP contribution in [0.1, 0.15) is 380 Å². The van der Waals surface area contributed by atoms with Crippen molar-refractivity contribution in [2.45, 2.75) is 399 Å². The smallest absolute Gasteiger partial charge is 0.463 e. The van der Waals surface area contributed by atoms with Gasteiger partial charge >= 0.3 is 33.6 Å². The molecule has 0 saturated carbocycles. The summed E-state index contributed by atoms with van der Waals surface area (Å²) in [4.78, 5) is 59.0. The van der Waals surface area contributed by atoms with Crippen molar-refractivity contribution in [1.29, 1.82) is 0 Å². The quantitative estimate of drug-likeness (QED) is 0.0146. The lowest BCUT2D eigenvalue weighted by Gasteiger charge is -2.21. The highest BCUT2D eigenvalue weighted by Crippen LogP contribution is 2.45. The number of phosphoric ester groups is 2. The van der Waals surface area contributed by atoms with E-state index < -0.39 is 91.5 Å². The molecule has 4 N–H and O–H groups in total. The Morgan fingerprint density at radius 2 is 0.453 bits per heavy atom. The normalized spacial score (nSPS) is 14.6. The first-order chi connectivity index (χ1) is 57.2. The van der Waals surface area contributed by atoms with Crippen molar-refractivity contribution >= 4 is 33.6 Å². The van der Waals surface area contributed by atoms with Crippen molar-refractivity contribution in [1.82, 2.24) is 0 Å². The molecule has 16 nitrogen and oxygen atoms in total. The third-order valence-corrected chi connectivity index (χ3v) is 21.3. The number of ether oxygens (including phenoxy) is 3. The van der Waals surface area contributed by atoms with E-state index in [9.17, 15) is 43.5 Å². The molecule has 0 bridgehead atoms. The third-order valence-electron chi connectivity index (χ3n) is 19.4. The molecule has 0 aromatic heterocycles. The van der Waals surface area contributed by atoms with Crippen molar-refractivity contribution in [2.75, 3.05) is 39.6 Å². The summed E-state index contributed by atoms with van der Waals surface area (Å²) in [6.45, 7) is 2.53. The zero-order valence-electron chi connectivity index (χ0n) is 73.8. The van der Waals surface area contributed by atoms with Crippen LogP contribution in [0.5, 0.6) is 0 Å². The molecule has 670 valence electrons. The van der Waals surface area contributed by atoms with E-state index in [0.29, 0.717) is 19.3 Å². The molecule has 0 rings (SSSR count). The first-order valence-electron chi connectivity index (χ1n) is 46.4. The Morgan fingerprint density at radius 3 is 0.718 bits per heavy atom. The van der Waals surface area contributed by atoms with Crippen molar-refractivity contribution in [3.8, 4) is 0 Å². The van der Waals surface area contributed by atoms with Crippen molar-refractivity contribution in [3.05, 3.63) is 170 Å². The Labute approximate surface area is 713 Å². The number of unbranched alkanes of at least 4 members (excludes halogenated alkanes) is 36. The van der Waals surface area contributed by atoms with Crippen LogP contribution in [0.15, 0.2) is 170 Å². The standard InChI is InChI=1S/C99H168O16P2/c1-4-7-10-13-16-19-22-25-28-31-34-37-40-42-43-44-45-46-47-48-49-51-54-55-58-61-64-67-70-73-76-79-82-85-97(102)109-88-94(100)89-111-116(105,106)112-90-95(101)91-113-117(107,108)114-93-96(115-99(104)87-84-81-78-75-72-69-66-63-60-57-52-39-36-33-30-27-24-21-18-15-12-9-6-3)92-110-98(103)86-83-80-77-74-71-68-65-62-59-56-53-50-41-38-35-32-29-26-23-20-17-14-11-8-5-2/h7,10,16-21,25-30,34-39,42-43,45-46,50,53,57,60,94-96,100-101H,4-6,8-9,11-15,22-24,31-33,40-41,44,47-49,51-52,54-56,58-59,61-93H2,1-3H3,(H,105,106)(H,107,108)/b10-7-,19-16-,20-17-,21-18-,28-25-,29-26-,30-27-,37-34-,38-35-,39-36-,43-42-,46-45-,53-50-,60-57-. The summed E-state index contributed by atoms with van der Waals surface area (Å²) in [6, 6.07) is 0. The molecule has 117 heavy (non-hydrogen) atoms. The maximum Gasteiger partial charge on any atom is 0.472 e. The molecular formula is C99H168O16P2. The van der Waals surface area contributed by atoms with Gasteiger partial charge in [0.1, 0.15) is 25.4 Å². The SMILES string of the molecule is CC/C=C\C/C=C\C/C=C\C/C=C\C/C=C\C/C=C\CCCCCCCCCCCCCCCCC(=O)OCC(O)COP(=O)(O)OCC(O)COP(=O)(O)OCC(COC(=O)CCCCCCCCCCC/C=C\C/C=C\C/C=C\C/C=C\CCCCC)OC(=O)CCCCCCCCC/C=C\C/C=C\C/C=C\C/C=C\CCCCC. The molecule has 0 aliphatic carbocycles. The second-order valence-corrected chi connectivity index (χ2v) is 33.6. The lowest BCUT2D eigenvalue weighted by atomic mass is 10.0. The lowest BCUT2D eigenvalue weighted by molar-refractivity contribution is -0.161. The molecule has 0 aliphatic heterocycles. The molecule has 0 radical (unpaired) electrons. The Morgan fingerprint density at radius 1 is 0.248 bits per heavy atom. The number of esters is 3. The maximum atomic E-state index is 13.1. The van der Waals surface area contributed by atoms with E-state index in [2.05, 4.69) is 191 Å². The van der Waals surface area contributed by atoms with Crippen LogP contribution in [0.2, 0.25) is 0 Å². The summed E-state index contributed by atoms with van der Waals surface area (Å²) in [6.07, 6.45) is 117. The number of carbonyl (C=O) groups is 3. The van der Waals surface area contributed by atoms with Crippen molar-refractivity contribution in [3.63, 3.8) is 0 Å². The fraction of sp³-hybridized carbons (Fsp3) is 0.687. The number of hydrogen-bond acceptors (Lipinski definition) is 14. The van der Waals surface area contributed by atoms with Crippen molar-refractivity contribution < 1.29 is 75.8 Å². The molecular weight excluding hydrogens is 1510 g/mol. The number of carbonyl (C=O) groups excluding carboxylic acids is 3. The topological polar surface area (TPSA) is 231 Å². The number of phosphoric acid groups is 2. The summed E-state index contributed by atoms with van der Waals surface area (Å²) in [7, 11) is -9.82. The van der Waals surface area contributed by atoms with E-state index in [0.717, 1.165) is 180 Å². The number of rotatable bonds is 87. The largest absolute Gasteiger partial charge is 0.472 e. The first kappa shape index (κ1) is 112. The van der Waals surface area contributed by atoms with E-state index in [1.165, 1.54) is 141 Å². The van der Waals surface area contributed by atoms with Gasteiger partial charge in [-0.25, -0.2) is 9.13 Å². The van der Waals surface area contributed by atoms with E-state index in [4.69, 9.17) is 32.3 Å². The second-order valence-electron chi connectivity index (χ2n) is 30.7. The average Bonchev–Trinajstić information content (AvgIpc) is 0.896. The molecule has 0 fully saturated rings. The molecule has 0 aliphatic rings. The van der Waals surface area contributed by atoms with Crippen LogP contribution in [0, 0.1) is 0 Å². The Hall–Kier alpha value is -5.09. The van der Waals surface area contributed by atoms with Crippen LogP contribution in [-0.2, 0) is 55.8 Å². The molecule has 5 unspecified atom stereocenters. The zero-order chi connectivity index (χ0) is 85.1. The molecule has 0 aromatic carbocycles. The van der Waals surface area contributed by atoms with Crippen LogP contribution in [-0.4, -0.2) is 95.9 Å². The number of hydrogen-bond donors (Lipinski definition) is 4. The van der Waals surface area contributed by atoms with Crippen LogP contribution in [0.3, 0.4) is 0 Å². The number of aliphatic hydroxyl groups excluding tert-OH is 2. The van der Waals surface area contributed by atoms with Gasteiger partial charge in [0.15, 0.2) is 6.10 Å². The van der Waals surface area contributed by atoms with Crippen LogP contribution >= 0.6 is 15.6 Å². The van der Waals surface area contributed by atoms with Gasteiger partial charge in [0.25, 0.3) is 0 Å². The summed E-state index contributed by atoms with van der Waals surface area (Å²) in [5.41, 5.74) is 0. The highest BCUT2D eigenvalue weighted by Gasteiger charge is 2.29. The van der Waals surface area contributed by atoms with Gasteiger partial charge < -0.3 is 34.2 Å². The van der Waals surface area contributed by atoms with Gasteiger partial charge in [-0.05, 0) is 161 Å². The molecule has 0 heterocycles. The Bertz CT molecular complexity index is 2810. The Kier molecular flexibility index (Phi) is 86.2. The molecule has 0 spiro atoms. The van der Waals surface area contributed by atoms with E-state index in [1.54, 1.807) is 0 Å². The maximum absolute atomic E-state index is 13.1. The monoisotopic (exact) mass is 1680 g/mol. The fourth-order valence-electron chi connectivity index (χ4n) is 12.4. The Balaban J connectivity index is 4.60. The predicted molar refractivity (Wildman–Crippen MR) is 491 cm³/mol. The summed E-state index contributed by atoms with van der Waals surface area (Å²) in [5, 5.41) is 20.7. The second kappa shape index (κ2) is 90.2. The molecule has 5 atom stereocenters. The van der Waals surface area contributed by atoms with Gasteiger partial charge in [-0.1, -0.05) is 371 Å². The number of allylic oxidation sites excluding steroid dienone is 28. The third kappa shape index (κ3) is 91.5. The summed E-state index contributed by atoms with van der Waals surface area (Å²) >= 11 is 0. The van der Waals surface area contributed by atoms with Crippen molar-refractivity contribution in [2.24, 2.45) is 0 Å². The molecule has 0 saturated heterocycles. The van der Waals surface area contributed by atoms with E-state index in [1.807, 2.05) is 0 Å². The molecule has 0 amide bonds. The van der Waals surface area contributed by atoms with Crippen LogP contribution in [0.25, 0.3) is 0 Å². The zero-order valence-corrected chi connectivity index (χ0v) is 75.6. The van der Waals surface area contributed by atoms with Gasteiger partial charge in [-0.15, -0.1) is 0 Å². The molecule has 18 heteroatoms. The highest BCUT2D eigenvalue weighted by atomic mass is 31.2. The summed E-state index contributed by atoms with van der Waals surface area (Å²) in [5.74, 6) is -1.59. The van der Waals surface area contributed by atoms with Gasteiger partial charge in [0.05, 0.1) is 26.4 Å². The lowest BCUT2D eigenvalue weighted by Crippen LogP contribution is -2.30. The average molecular weight is 1680 g/mol. The number of aliphatic hydroxyl groups is 2. The van der Waals surface area contributed by atoms with Crippen LogP contribution < -0.4 is 0 Å². The highest BCUT2D eigenvalue weighted by molar-refractivity contribution is 7.47. The van der Waals surface area contributed by atoms with Gasteiger partial charge in [-0.2, -0.15) is 0 Å².